The Hall–Kier alpha value is -2.95. The Morgan fingerprint density at radius 2 is 1.81 bits per heavy atom. The van der Waals surface area contributed by atoms with E-state index in [2.05, 4.69) is 15.0 Å². The van der Waals surface area contributed by atoms with Crippen LogP contribution in [0.3, 0.4) is 0 Å². The summed E-state index contributed by atoms with van der Waals surface area (Å²) >= 11 is 0. The molecule has 0 radical (unpaired) electrons. The van der Waals surface area contributed by atoms with Crippen molar-refractivity contribution in [3.63, 3.8) is 0 Å². The van der Waals surface area contributed by atoms with E-state index in [-0.39, 0.29) is 5.91 Å². The normalized spacial score (nSPS) is 14.7. The van der Waals surface area contributed by atoms with Crippen molar-refractivity contribution in [2.24, 2.45) is 4.99 Å². The van der Waals surface area contributed by atoms with E-state index in [0.29, 0.717) is 17.0 Å². The lowest BCUT2D eigenvalue weighted by atomic mass is 10.1. The van der Waals surface area contributed by atoms with Crippen LogP contribution < -0.4 is 5.32 Å². The van der Waals surface area contributed by atoms with Gasteiger partial charge in [0, 0.05) is 5.56 Å². The van der Waals surface area contributed by atoms with E-state index >= 15 is 0 Å². The summed E-state index contributed by atoms with van der Waals surface area (Å²) in [6, 6.07) is 14.0. The van der Waals surface area contributed by atoms with E-state index in [1.807, 2.05) is 24.3 Å². The molecule has 104 valence electrons. The Morgan fingerprint density at radius 3 is 2.52 bits per heavy atom. The molecule has 21 heavy (non-hydrogen) atoms. The summed E-state index contributed by atoms with van der Waals surface area (Å²) in [5, 5.41) is 2.76. The second kappa shape index (κ2) is 5.20. The molecule has 1 N–H and O–H groups in total. The number of hydrogen-bond acceptors (Lipinski definition) is 4. The fourth-order valence-electron chi connectivity index (χ4n) is 2.13. The third kappa shape index (κ3) is 2.41. The summed E-state index contributed by atoms with van der Waals surface area (Å²) in [7, 11) is 1.33. The first-order valence-corrected chi connectivity index (χ1v) is 6.37. The van der Waals surface area contributed by atoms with E-state index in [1.165, 1.54) is 7.11 Å². The van der Waals surface area contributed by atoms with Crippen molar-refractivity contribution < 1.29 is 14.3 Å². The highest BCUT2D eigenvalue weighted by Gasteiger charge is 2.25. The molecule has 5 nitrogen and oxygen atoms in total. The third-order valence-electron chi connectivity index (χ3n) is 3.17. The molecule has 1 aliphatic rings. The van der Waals surface area contributed by atoms with Crippen LogP contribution in [0.2, 0.25) is 0 Å². The van der Waals surface area contributed by atoms with Crippen molar-refractivity contribution in [2.75, 3.05) is 12.4 Å². The number of ether oxygens (including phenoxy) is 1. The predicted octanol–water partition coefficient (Wildman–Crippen LogP) is 2.55. The molecule has 2 aromatic rings. The molecule has 0 saturated carbocycles. The van der Waals surface area contributed by atoms with E-state index < -0.39 is 5.97 Å². The van der Waals surface area contributed by atoms with Gasteiger partial charge in [0.2, 0.25) is 0 Å². The number of methoxy groups -OCH3 is 1. The molecule has 0 unspecified atom stereocenters. The van der Waals surface area contributed by atoms with Crippen LogP contribution in [0.25, 0.3) is 0 Å². The molecule has 0 saturated heterocycles. The minimum atomic E-state index is -0.404. The maximum atomic E-state index is 11.9. The predicted molar refractivity (Wildman–Crippen MR) is 79.1 cm³/mol. The number of carbonyl (C=O) groups is 2. The molecule has 0 bridgehead atoms. The molecule has 2 aromatic carbocycles. The van der Waals surface area contributed by atoms with Gasteiger partial charge in [0.05, 0.1) is 24.0 Å². The number of hydrogen-bond donors (Lipinski definition) is 1. The van der Waals surface area contributed by atoms with Gasteiger partial charge in [0.15, 0.2) is 0 Å². The minimum Gasteiger partial charge on any atom is -0.465 e. The number of esters is 1. The second-order valence-corrected chi connectivity index (χ2v) is 4.50. The molecular formula is C16H12N2O3. The highest BCUT2D eigenvalue weighted by molar-refractivity contribution is 6.54. The van der Waals surface area contributed by atoms with Gasteiger partial charge in [0.25, 0.3) is 5.91 Å². The van der Waals surface area contributed by atoms with Gasteiger partial charge in [0.1, 0.15) is 5.71 Å². The van der Waals surface area contributed by atoms with E-state index in [9.17, 15) is 9.59 Å². The van der Waals surface area contributed by atoms with Crippen molar-refractivity contribution in [1.82, 2.24) is 0 Å². The van der Waals surface area contributed by atoms with Crippen molar-refractivity contribution in [1.29, 1.82) is 0 Å². The lowest BCUT2D eigenvalue weighted by Crippen LogP contribution is -2.13. The number of benzene rings is 2. The SMILES string of the molecule is COC(=O)c1ccc(N=C2C(=O)Nc3ccccc32)cc1. The minimum absolute atomic E-state index is 0.228. The van der Waals surface area contributed by atoms with Crippen molar-refractivity contribution in [3.8, 4) is 0 Å². The Bertz CT molecular complexity index is 748. The molecule has 5 heteroatoms. The maximum Gasteiger partial charge on any atom is 0.337 e. The molecule has 1 aliphatic heterocycles. The van der Waals surface area contributed by atoms with Gasteiger partial charge >= 0.3 is 5.97 Å². The first-order chi connectivity index (χ1) is 10.2. The molecular weight excluding hydrogens is 268 g/mol. The highest BCUT2D eigenvalue weighted by Crippen LogP contribution is 2.25. The number of rotatable bonds is 2. The molecule has 1 amide bonds. The van der Waals surface area contributed by atoms with Crippen LogP contribution >= 0.6 is 0 Å². The lowest BCUT2D eigenvalue weighted by Gasteiger charge is -2.00. The second-order valence-electron chi connectivity index (χ2n) is 4.50. The van der Waals surface area contributed by atoms with Crippen LogP contribution in [0.15, 0.2) is 53.5 Å². The first-order valence-electron chi connectivity index (χ1n) is 6.37. The Kier molecular flexibility index (Phi) is 3.23. The average molecular weight is 280 g/mol. The van der Waals surface area contributed by atoms with Crippen LogP contribution in [0, 0.1) is 0 Å². The number of para-hydroxylation sites is 1. The summed E-state index contributed by atoms with van der Waals surface area (Å²) in [5.74, 6) is -0.633. The van der Waals surface area contributed by atoms with Gasteiger partial charge in [-0.2, -0.15) is 0 Å². The van der Waals surface area contributed by atoms with Gasteiger partial charge in [-0.25, -0.2) is 9.79 Å². The van der Waals surface area contributed by atoms with Crippen molar-refractivity contribution in [3.05, 3.63) is 59.7 Å². The summed E-state index contributed by atoms with van der Waals surface area (Å²) in [6.45, 7) is 0. The number of nitrogens with one attached hydrogen (secondary N) is 1. The topological polar surface area (TPSA) is 67.8 Å². The molecule has 0 spiro atoms. The fraction of sp³-hybridized carbons (Fsp3) is 0.0625. The summed E-state index contributed by atoms with van der Waals surface area (Å²) < 4.78 is 4.63. The zero-order valence-corrected chi connectivity index (χ0v) is 11.3. The fourth-order valence-corrected chi connectivity index (χ4v) is 2.13. The van der Waals surface area contributed by atoms with Crippen molar-refractivity contribution >= 4 is 29.0 Å². The Balaban J connectivity index is 1.95. The quantitative estimate of drug-likeness (QED) is 0.859. The van der Waals surface area contributed by atoms with Crippen LogP contribution in [0.5, 0.6) is 0 Å². The van der Waals surface area contributed by atoms with E-state index in [1.54, 1.807) is 24.3 Å². The molecule has 3 rings (SSSR count). The number of anilines is 1. The number of amides is 1. The molecule has 0 fully saturated rings. The van der Waals surface area contributed by atoms with Crippen LogP contribution in [-0.2, 0) is 9.53 Å². The van der Waals surface area contributed by atoms with Gasteiger partial charge in [-0.15, -0.1) is 0 Å². The third-order valence-corrected chi connectivity index (χ3v) is 3.17. The number of nitrogens with zero attached hydrogens (tertiary/aromatic N) is 1. The molecule has 0 aromatic heterocycles. The average Bonchev–Trinajstić information content (AvgIpc) is 2.83. The largest absolute Gasteiger partial charge is 0.465 e. The molecule has 0 atom stereocenters. The number of fused-ring (bicyclic) bond motifs is 1. The number of aliphatic imine (C=N–C) groups is 1. The van der Waals surface area contributed by atoms with Crippen LogP contribution in [0.1, 0.15) is 15.9 Å². The number of carbonyl (C=O) groups excluding carboxylic acids is 2. The zero-order chi connectivity index (χ0) is 14.8. The van der Waals surface area contributed by atoms with Gasteiger partial charge in [-0.05, 0) is 30.3 Å². The van der Waals surface area contributed by atoms with Gasteiger partial charge < -0.3 is 10.1 Å². The van der Waals surface area contributed by atoms with Gasteiger partial charge in [-0.3, -0.25) is 4.79 Å². The monoisotopic (exact) mass is 280 g/mol. The van der Waals surface area contributed by atoms with Gasteiger partial charge in [-0.1, -0.05) is 18.2 Å². The summed E-state index contributed by atoms with van der Waals surface area (Å²) in [5.41, 5.74) is 2.95. The zero-order valence-electron chi connectivity index (χ0n) is 11.3. The highest BCUT2D eigenvalue weighted by atomic mass is 16.5. The van der Waals surface area contributed by atoms with Crippen LogP contribution in [-0.4, -0.2) is 24.7 Å². The van der Waals surface area contributed by atoms with E-state index in [4.69, 9.17) is 0 Å². The smallest absolute Gasteiger partial charge is 0.337 e. The van der Waals surface area contributed by atoms with Crippen LogP contribution in [0.4, 0.5) is 11.4 Å². The van der Waals surface area contributed by atoms with E-state index in [0.717, 1.165) is 11.3 Å². The Labute approximate surface area is 121 Å². The standard InChI is InChI=1S/C16H12N2O3/c1-21-16(20)10-6-8-11(9-7-10)17-14-12-4-2-3-5-13(12)18-15(14)19/h2-9H,1H3,(H,17,18,19). The summed E-state index contributed by atoms with van der Waals surface area (Å²) in [6.07, 6.45) is 0. The first kappa shape index (κ1) is 13.1. The van der Waals surface area contributed by atoms with Crippen molar-refractivity contribution in [2.45, 2.75) is 0 Å². The lowest BCUT2D eigenvalue weighted by molar-refractivity contribution is -0.110. The Morgan fingerprint density at radius 1 is 1.10 bits per heavy atom. The molecule has 0 aliphatic carbocycles. The maximum absolute atomic E-state index is 11.9. The molecule has 1 heterocycles. The summed E-state index contributed by atoms with van der Waals surface area (Å²) in [4.78, 5) is 27.7.